The third-order valence-corrected chi connectivity index (χ3v) is 4.59. The predicted molar refractivity (Wildman–Crippen MR) is 109 cm³/mol. The third kappa shape index (κ3) is 3.50. The Hall–Kier alpha value is -3.31. The molecule has 136 valence electrons. The molecule has 0 aliphatic carbocycles. The lowest BCUT2D eigenvalue weighted by molar-refractivity contribution is 0.306. The monoisotopic (exact) mass is 358 g/mol. The van der Waals surface area contributed by atoms with Crippen molar-refractivity contribution in [1.82, 2.24) is 9.55 Å². The van der Waals surface area contributed by atoms with Crippen LogP contribution in [0, 0.1) is 0 Å². The van der Waals surface area contributed by atoms with Crippen LogP contribution in [0.5, 0.6) is 5.75 Å². The number of pyridine rings is 1. The van der Waals surface area contributed by atoms with Gasteiger partial charge < -0.3 is 20.8 Å². The van der Waals surface area contributed by atoms with Crippen molar-refractivity contribution >= 4 is 16.7 Å². The number of ether oxygens (including phenoxy) is 1. The largest absolute Gasteiger partial charge is 0.489 e. The van der Waals surface area contributed by atoms with Crippen LogP contribution in [0.4, 0.5) is 5.82 Å². The third-order valence-electron chi connectivity index (χ3n) is 4.59. The molecule has 27 heavy (non-hydrogen) atoms. The zero-order valence-corrected chi connectivity index (χ0v) is 15.0. The predicted octanol–water partition coefficient (Wildman–Crippen LogP) is 3.82. The van der Waals surface area contributed by atoms with Gasteiger partial charge in [-0.25, -0.2) is 4.98 Å². The topological polar surface area (TPSA) is 79.1 Å². The fourth-order valence-electron chi connectivity index (χ4n) is 3.31. The van der Waals surface area contributed by atoms with E-state index in [1.54, 1.807) is 6.20 Å². The van der Waals surface area contributed by atoms with E-state index in [4.69, 9.17) is 16.2 Å². The molecule has 5 heteroatoms. The number of nitrogens with two attached hydrogens (primary N) is 2. The Bertz CT molecular complexity index is 1060. The highest BCUT2D eigenvalue weighted by Crippen LogP contribution is 2.35. The Morgan fingerprint density at radius 3 is 2.67 bits per heavy atom. The van der Waals surface area contributed by atoms with E-state index >= 15 is 0 Å². The number of aromatic nitrogens is 2. The van der Waals surface area contributed by atoms with Gasteiger partial charge in [0.15, 0.2) is 0 Å². The molecule has 0 saturated heterocycles. The molecule has 2 heterocycles. The molecule has 0 aliphatic heterocycles. The Labute approximate surface area is 158 Å². The maximum absolute atomic E-state index is 6.19. The number of nitrogen functional groups attached to an aromatic ring is 1. The van der Waals surface area contributed by atoms with Crippen molar-refractivity contribution in [3.63, 3.8) is 0 Å². The van der Waals surface area contributed by atoms with E-state index in [2.05, 4.69) is 33.9 Å². The smallest absolute Gasteiger partial charge is 0.133 e. The van der Waals surface area contributed by atoms with Gasteiger partial charge >= 0.3 is 0 Å². The summed E-state index contributed by atoms with van der Waals surface area (Å²) in [6.45, 7) is 1.82. The van der Waals surface area contributed by atoms with Crippen LogP contribution in [-0.2, 0) is 13.2 Å². The number of hydrogen-bond acceptors (Lipinski definition) is 4. The first-order valence-electron chi connectivity index (χ1n) is 8.97. The summed E-state index contributed by atoms with van der Waals surface area (Å²) >= 11 is 0. The Balaban J connectivity index is 1.69. The van der Waals surface area contributed by atoms with Crippen LogP contribution >= 0.6 is 0 Å². The summed E-state index contributed by atoms with van der Waals surface area (Å²) in [7, 11) is 0. The summed E-state index contributed by atoms with van der Waals surface area (Å²) in [6, 6.07) is 20.2. The van der Waals surface area contributed by atoms with E-state index in [1.165, 1.54) is 0 Å². The molecule has 5 nitrogen and oxygen atoms in total. The van der Waals surface area contributed by atoms with Crippen molar-refractivity contribution in [1.29, 1.82) is 0 Å². The van der Waals surface area contributed by atoms with E-state index in [9.17, 15) is 0 Å². The fraction of sp³-hybridized carbons (Fsp3) is 0.136. The molecular weight excluding hydrogens is 336 g/mol. The zero-order valence-electron chi connectivity index (χ0n) is 15.0. The van der Waals surface area contributed by atoms with E-state index in [0.717, 1.165) is 39.9 Å². The zero-order chi connectivity index (χ0) is 18.6. The highest BCUT2D eigenvalue weighted by molar-refractivity contribution is 6.02. The van der Waals surface area contributed by atoms with Crippen LogP contribution in [0.1, 0.15) is 5.56 Å². The van der Waals surface area contributed by atoms with Gasteiger partial charge in [-0.2, -0.15) is 0 Å². The molecule has 0 saturated carbocycles. The van der Waals surface area contributed by atoms with E-state index in [1.807, 2.05) is 42.5 Å². The summed E-state index contributed by atoms with van der Waals surface area (Å²) in [5, 5.41) is 0.950. The Morgan fingerprint density at radius 2 is 1.85 bits per heavy atom. The lowest BCUT2D eigenvalue weighted by Gasteiger charge is -2.08. The van der Waals surface area contributed by atoms with Gasteiger partial charge in [-0.3, -0.25) is 0 Å². The van der Waals surface area contributed by atoms with Crippen molar-refractivity contribution in [2.75, 3.05) is 12.3 Å². The molecule has 2 aromatic heterocycles. The summed E-state index contributed by atoms with van der Waals surface area (Å²) in [4.78, 5) is 4.27. The van der Waals surface area contributed by atoms with Gasteiger partial charge in [0.1, 0.15) is 18.2 Å². The van der Waals surface area contributed by atoms with Crippen LogP contribution in [-0.4, -0.2) is 16.1 Å². The van der Waals surface area contributed by atoms with E-state index in [-0.39, 0.29) is 0 Å². The van der Waals surface area contributed by atoms with Crippen LogP contribution < -0.4 is 16.2 Å². The average molecular weight is 358 g/mol. The number of nitrogens with zero attached hydrogens (tertiary/aromatic N) is 2. The number of fused-ring (bicyclic) bond motifs is 1. The first-order valence-corrected chi connectivity index (χ1v) is 8.97. The lowest BCUT2D eigenvalue weighted by Crippen LogP contribution is -2.08. The van der Waals surface area contributed by atoms with Crippen molar-refractivity contribution < 1.29 is 4.74 Å². The second-order valence-electron chi connectivity index (χ2n) is 6.42. The van der Waals surface area contributed by atoms with Gasteiger partial charge in [0.05, 0.1) is 5.52 Å². The average Bonchev–Trinajstić information content (AvgIpc) is 3.08. The molecule has 4 aromatic rings. The van der Waals surface area contributed by atoms with Crippen LogP contribution in [0.3, 0.4) is 0 Å². The summed E-state index contributed by atoms with van der Waals surface area (Å²) < 4.78 is 8.10. The normalized spacial score (nSPS) is 11.0. The standard InChI is InChI=1S/C22H22N4O/c23-10-12-26-14-19(21-20(26)9-11-25-22(21)24)17-7-4-8-18(13-17)27-15-16-5-2-1-3-6-16/h1-9,11,13-14H,10,12,15,23H2,(H2,24,25). The minimum atomic E-state index is 0.522. The van der Waals surface area contributed by atoms with E-state index < -0.39 is 0 Å². The van der Waals surface area contributed by atoms with Crippen LogP contribution in [0.15, 0.2) is 73.1 Å². The van der Waals surface area contributed by atoms with Crippen LogP contribution in [0.25, 0.3) is 22.0 Å². The maximum Gasteiger partial charge on any atom is 0.133 e. The molecule has 0 unspecified atom stereocenters. The van der Waals surface area contributed by atoms with Crippen molar-refractivity contribution in [3.8, 4) is 16.9 Å². The fourth-order valence-corrected chi connectivity index (χ4v) is 3.31. The molecule has 0 aliphatic rings. The molecule has 0 fully saturated rings. The summed E-state index contributed by atoms with van der Waals surface area (Å²) in [5.41, 5.74) is 16.2. The van der Waals surface area contributed by atoms with Gasteiger partial charge in [-0.1, -0.05) is 42.5 Å². The van der Waals surface area contributed by atoms with Crippen molar-refractivity contribution in [2.24, 2.45) is 5.73 Å². The van der Waals surface area contributed by atoms with E-state index in [0.29, 0.717) is 19.0 Å². The first-order chi connectivity index (χ1) is 13.3. The maximum atomic E-state index is 6.19. The van der Waals surface area contributed by atoms with Gasteiger partial charge in [-0.15, -0.1) is 0 Å². The number of hydrogen-bond donors (Lipinski definition) is 2. The summed E-state index contributed by atoms with van der Waals surface area (Å²) in [6.07, 6.45) is 3.82. The summed E-state index contributed by atoms with van der Waals surface area (Å²) in [5.74, 6) is 1.34. The SMILES string of the molecule is NCCn1cc(-c2cccc(OCc3ccccc3)c2)c2c(N)nccc21. The Kier molecular flexibility index (Phi) is 4.77. The second-order valence-corrected chi connectivity index (χ2v) is 6.42. The quantitative estimate of drug-likeness (QED) is 0.549. The highest BCUT2D eigenvalue weighted by Gasteiger charge is 2.14. The van der Waals surface area contributed by atoms with Crippen molar-refractivity contribution in [2.45, 2.75) is 13.2 Å². The molecular formula is C22H22N4O. The number of anilines is 1. The van der Waals surface area contributed by atoms with Gasteiger partial charge in [0, 0.05) is 36.4 Å². The van der Waals surface area contributed by atoms with Gasteiger partial charge in [-0.05, 0) is 29.3 Å². The number of benzene rings is 2. The molecule has 0 bridgehead atoms. The minimum Gasteiger partial charge on any atom is -0.489 e. The van der Waals surface area contributed by atoms with Gasteiger partial charge in [0.2, 0.25) is 0 Å². The molecule has 0 radical (unpaired) electrons. The second kappa shape index (κ2) is 7.51. The van der Waals surface area contributed by atoms with Crippen molar-refractivity contribution in [3.05, 3.63) is 78.6 Å². The molecule has 0 amide bonds. The molecule has 2 aromatic carbocycles. The highest BCUT2D eigenvalue weighted by atomic mass is 16.5. The molecule has 4 rings (SSSR count). The lowest BCUT2D eigenvalue weighted by atomic mass is 10.1. The first kappa shape index (κ1) is 17.1. The molecule has 0 spiro atoms. The number of rotatable bonds is 6. The minimum absolute atomic E-state index is 0.522. The molecule has 0 atom stereocenters. The Morgan fingerprint density at radius 1 is 1.00 bits per heavy atom. The van der Waals surface area contributed by atoms with Crippen LogP contribution in [0.2, 0.25) is 0 Å². The van der Waals surface area contributed by atoms with Gasteiger partial charge in [0.25, 0.3) is 0 Å². The molecule has 4 N–H and O–H groups in total.